The molecule has 0 aliphatic heterocycles. The molecule has 0 saturated carbocycles. The molecule has 4 nitrogen and oxygen atoms in total. The number of hydrogen-bond donors (Lipinski definition) is 1. The van der Waals surface area contributed by atoms with E-state index < -0.39 is 6.04 Å². The van der Waals surface area contributed by atoms with Gasteiger partial charge >= 0.3 is 0 Å². The maximum atomic E-state index is 11.9. The fourth-order valence-corrected chi connectivity index (χ4v) is 1.95. The molecule has 0 spiro atoms. The van der Waals surface area contributed by atoms with Crippen LogP contribution < -0.4 is 5.73 Å². The van der Waals surface area contributed by atoms with Gasteiger partial charge in [-0.25, -0.2) is 4.98 Å². The van der Waals surface area contributed by atoms with Crippen molar-refractivity contribution in [1.29, 1.82) is 0 Å². The Hall–Kier alpha value is -0.940. The van der Waals surface area contributed by atoms with Crippen molar-refractivity contribution in [3.8, 4) is 0 Å². The van der Waals surface area contributed by atoms with Crippen LogP contribution >= 0.6 is 11.3 Å². The third kappa shape index (κ3) is 3.28. The summed E-state index contributed by atoms with van der Waals surface area (Å²) in [6.07, 6.45) is 0. The third-order valence-corrected chi connectivity index (χ3v) is 3.27. The number of amides is 1. The van der Waals surface area contributed by atoms with Crippen LogP contribution in [0.15, 0.2) is 5.38 Å². The zero-order valence-electron chi connectivity index (χ0n) is 10.2. The van der Waals surface area contributed by atoms with Gasteiger partial charge in [-0.2, -0.15) is 0 Å². The van der Waals surface area contributed by atoms with E-state index in [-0.39, 0.29) is 11.8 Å². The van der Waals surface area contributed by atoms with E-state index in [9.17, 15) is 4.79 Å². The molecule has 0 bridgehead atoms. The first-order valence-corrected chi connectivity index (χ1v) is 6.21. The monoisotopic (exact) mass is 241 g/mol. The standard InChI is InChI=1S/C11H19N3OS/c1-7(2)10(12)11(15)14(4)5-9-6-16-8(3)13-9/h6-7,10H,5,12H2,1-4H3. The number of rotatable bonds is 4. The molecule has 90 valence electrons. The zero-order valence-corrected chi connectivity index (χ0v) is 11.0. The molecule has 1 aromatic heterocycles. The molecule has 5 heteroatoms. The van der Waals surface area contributed by atoms with Crippen LogP contribution in [0.3, 0.4) is 0 Å². The maximum absolute atomic E-state index is 11.9. The summed E-state index contributed by atoms with van der Waals surface area (Å²) >= 11 is 1.59. The molecule has 0 fully saturated rings. The minimum absolute atomic E-state index is 0.0272. The largest absolute Gasteiger partial charge is 0.338 e. The summed E-state index contributed by atoms with van der Waals surface area (Å²) in [7, 11) is 1.76. The number of nitrogens with zero attached hydrogens (tertiary/aromatic N) is 2. The molecule has 0 aromatic carbocycles. The number of carbonyl (C=O) groups excluding carboxylic acids is 1. The quantitative estimate of drug-likeness (QED) is 0.866. The van der Waals surface area contributed by atoms with E-state index in [1.807, 2.05) is 26.2 Å². The Morgan fingerprint density at radius 3 is 2.69 bits per heavy atom. The van der Waals surface area contributed by atoms with Gasteiger partial charge in [0.2, 0.25) is 5.91 Å². The van der Waals surface area contributed by atoms with Gasteiger partial charge in [0.05, 0.1) is 23.3 Å². The molecular weight excluding hydrogens is 222 g/mol. The number of hydrogen-bond acceptors (Lipinski definition) is 4. The van der Waals surface area contributed by atoms with E-state index in [1.54, 1.807) is 23.3 Å². The van der Waals surface area contributed by atoms with Crippen molar-refractivity contribution >= 4 is 17.2 Å². The van der Waals surface area contributed by atoms with E-state index in [2.05, 4.69) is 4.98 Å². The fourth-order valence-electron chi connectivity index (χ4n) is 1.34. The van der Waals surface area contributed by atoms with Gasteiger partial charge in [0.1, 0.15) is 0 Å². The second-order valence-corrected chi connectivity index (χ2v) is 5.38. The van der Waals surface area contributed by atoms with Gasteiger partial charge in [-0.1, -0.05) is 13.8 Å². The van der Waals surface area contributed by atoms with Crippen LogP contribution in [0.4, 0.5) is 0 Å². The van der Waals surface area contributed by atoms with Crippen molar-refractivity contribution in [3.05, 3.63) is 16.1 Å². The lowest BCUT2D eigenvalue weighted by Crippen LogP contribution is -2.44. The number of nitrogens with two attached hydrogens (primary N) is 1. The van der Waals surface area contributed by atoms with Crippen molar-refractivity contribution in [2.45, 2.75) is 33.4 Å². The third-order valence-electron chi connectivity index (χ3n) is 2.45. The molecular formula is C11H19N3OS. The van der Waals surface area contributed by atoms with Crippen molar-refractivity contribution < 1.29 is 4.79 Å². The molecule has 1 heterocycles. The molecule has 0 aliphatic carbocycles. The number of likely N-dealkylation sites (N-methyl/N-ethyl adjacent to an activating group) is 1. The molecule has 1 unspecified atom stereocenters. The van der Waals surface area contributed by atoms with Crippen molar-refractivity contribution in [1.82, 2.24) is 9.88 Å². The predicted octanol–water partition coefficient (Wildman–Crippen LogP) is 1.39. The van der Waals surface area contributed by atoms with Gasteiger partial charge in [0.15, 0.2) is 0 Å². The first-order chi connectivity index (χ1) is 7.41. The Morgan fingerprint density at radius 1 is 1.62 bits per heavy atom. The lowest BCUT2D eigenvalue weighted by atomic mass is 10.0. The molecule has 2 N–H and O–H groups in total. The second-order valence-electron chi connectivity index (χ2n) is 4.32. The van der Waals surface area contributed by atoms with Crippen LogP contribution in [0, 0.1) is 12.8 Å². The minimum Gasteiger partial charge on any atom is -0.338 e. The van der Waals surface area contributed by atoms with Gasteiger partial charge in [0.25, 0.3) is 0 Å². The van der Waals surface area contributed by atoms with Crippen LogP contribution in [0.2, 0.25) is 0 Å². The highest BCUT2D eigenvalue weighted by atomic mass is 32.1. The molecule has 1 rings (SSSR count). The minimum atomic E-state index is -0.426. The topological polar surface area (TPSA) is 59.2 Å². The zero-order chi connectivity index (χ0) is 12.3. The molecule has 1 aromatic rings. The van der Waals surface area contributed by atoms with Gasteiger partial charge in [0, 0.05) is 12.4 Å². The fraction of sp³-hybridized carbons (Fsp3) is 0.636. The predicted molar refractivity (Wildman–Crippen MR) is 66.1 cm³/mol. The first-order valence-electron chi connectivity index (χ1n) is 5.33. The lowest BCUT2D eigenvalue weighted by molar-refractivity contribution is -0.132. The average Bonchev–Trinajstić information content (AvgIpc) is 2.61. The summed E-state index contributed by atoms with van der Waals surface area (Å²) in [6, 6.07) is -0.426. The maximum Gasteiger partial charge on any atom is 0.239 e. The lowest BCUT2D eigenvalue weighted by Gasteiger charge is -2.22. The van der Waals surface area contributed by atoms with Crippen molar-refractivity contribution in [2.24, 2.45) is 11.7 Å². The summed E-state index contributed by atoms with van der Waals surface area (Å²) in [4.78, 5) is 17.8. The van der Waals surface area contributed by atoms with Crippen LogP contribution in [0.25, 0.3) is 0 Å². The summed E-state index contributed by atoms with van der Waals surface area (Å²) in [5.74, 6) is 0.132. The van der Waals surface area contributed by atoms with E-state index in [0.717, 1.165) is 10.7 Å². The Labute approximate surface area is 100 Å². The van der Waals surface area contributed by atoms with Gasteiger partial charge < -0.3 is 10.6 Å². The van der Waals surface area contributed by atoms with Gasteiger partial charge in [-0.3, -0.25) is 4.79 Å². The highest BCUT2D eigenvalue weighted by Gasteiger charge is 2.21. The SMILES string of the molecule is Cc1nc(CN(C)C(=O)C(N)C(C)C)cs1. The van der Waals surface area contributed by atoms with Crippen LogP contribution in [0.1, 0.15) is 24.5 Å². The highest BCUT2D eigenvalue weighted by Crippen LogP contribution is 2.11. The summed E-state index contributed by atoms with van der Waals surface area (Å²) in [5, 5.41) is 2.99. The normalized spacial score (nSPS) is 12.9. The summed E-state index contributed by atoms with van der Waals surface area (Å²) in [6.45, 7) is 6.38. The summed E-state index contributed by atoms with van der Waals surface area (Å²) < 4.78 is 0. The Bertz CT molecular complexity index is 362. The number of aromatic nitrogens is 1. The van der Waals surface area contributed by atoms with E-state index in [1.165, 1.54) is 0 Å². The second kappa shape index (κ2) is 5.41. The number of aryl methyl sites for hydroxylation is 1. The van der Waals surface area contributed by atoms with E-state index >= 15 is 0 Å². The summed E-state index contributed by atoms with van der Waals surface area (Å²) in [5.41, 5.74) is 6.74. The van der Waals surface area contributed by atoms with E-state index in [4.69, 9.17) is 5.73 Å². The van der Waals surface area contributed by atoms with Crippen LogP contribution in [-0.2, 0) is 11.3 Å². The van der Waals surface area contributed by atoms with Crippen molar-refractivity contribution in [2.75, 3.05) is 7.05 Å². The Morgan fingerprint density at radius 2 is 2.25 bits per heavy atom. The van der Waals surface area contributed by atoms with Gasteiger partial charge in [-0.05, 0) is 12.8 Å². The molecule has 0 saturated heterocycles. The molecule has 1 atom stereocenters. The van der Waals surface area contributed by atoms with Crippen LogP contribution in [-0.4, -0.2) is 28.9 Å². The molecule has 0 aliphatic rings. The highest BCUT2D eigenvalue weighted by molar-refractivity contribution is 7.09. The molecule has 0 radical (unpaired) electrons. The van der Waals surface area contributed by atoms with E-state index in [0.29, 0.717) is 6.54 Å². The Balaban J connectivity index is 2.58. The average molecular weight is 241 g/mol. The van der Waals surface area contributed by atoms with Crippen LogP contribution in [0.5, 0.6) is 0 Å². The first kappa shape index (κ1) is 13.1. The van der Waals surface area contributed by atoms with Gasteiger partial charge in [-0.15, -0.1) is 11.3 Å². The number of carbonyl (C=O) groups is 1. The molecule has 1 amide bonds. The van der Waals surface area contributed by atoms with Crippen molar-refractivity contribution in [3.63, 3.8) is 0 Å². The molecule has 16 heavy (non-hydrogen) atoms. The number of thiazole rings is 1. The smallest absolute Gasteiger partial charge is 0.239 e. The Kier molecular flexibility index (Phi) is 4.44.